The molecule has 1 unspecified atom stereocenters. The van der Waals surface area contributed by atoms with Crippen molar-refractivity contribution in [3.63, 3.8) is 0 Å². The normalized spacial score (nSPS) is 8.91. The number of hydrogen-bond donors (Lipinski definition) is 2. The summed E-state index contributed by atoms with van der Waals surface area (Å²) in [4.78, 5) is 0. The van der Waals surface area contributed by atoms with E-state index in [1.54, 1.807) is 0 Å². The van der Waals surface area contributed by atoms with E-state index < -0.39 is 6.10 Å². The van der Waals surface area contributed by atoms with Crippen molar-refractivity contribution in [1.82, 2.24) is 0 Å². The zero-order valence-electron chi connectivity index (χ0n) is 23.4. The Morgan fingerprint density at radius 2 is 0.765 bits per heavy atom. The lowest BCUT2D eigenvalue weighted by atomic mass is 10.0. The van der Waals surface area contributed by atoms with Gasteiger partial charge in [-0.25, -0.2) is 0 Å². The van der Waals surface area contributed by atoms with E-state index in [2.05, 4.69) is 85.9 Å². The van der Waals surface area contributed by atoms with Crippen molar-refractivity contribution < 1.29 is 14.9 Å². The maximum Gasteiger partial charge on any atom is 0.100 e. The zero-order chi connectivity index (χ0) is 28.3. The molecule has 0 amide bonds. The highest BCUT2D eigenvalue weighted by molar-refractivity contribution is 4.51. The van der Waals surface area contributed by atoms with Crippen LogP contribution in [0, 0.1) is 0 Å². The number of hydrogen-bond acceptors (Lipinski definition) is 3. The Morgan fingerprint density at radius 1 is 0.500 bits per heavy atom. The predicted octanol–water partition coefficient (Wildman–Crippen LogP) is 9.65. The molecule has 0 saturated heterocycles. The van der Waals surface area contributed by atoms with Gasteiger partial charge >= 0.3 is 0 Å². The average Bonchev–Trinajstić information content (AvgIpc) is 2.95. The fourth-order valence-corrected chi connectivity index (χ4v) is 2.67. The fraction of sp³-hybridized carbons (Fsp3) is 0.613. The molecule has 2 N–H and O–H groups in total. The molecule has 0 heterocycles. The standard InChI is InChI=1S/C19H40O3.6C2H4/c1-2-3-4-5-6-7-8-9-10-11-12-13-14-15-16-22-18-19(21)17-20;6*1-2/h19-21H,2-18H2,1H3;6*1-2H2. The second kappa shape index (κ2) is 77.1. The van der Waals surface area contributed by atoms with Crippen molar-refractivity contribution in [2.75, 3.05) is 19.8 Å². The first-order chi connectivity index (χ1) is 16.8. The van der Waals surface area contributed by atoms with Gasteiger partial charge in [-0.1, -0.05) is 90.4 Å². The molecule has 0 radical (unpaired) electrons. The van der Waals surface area contributed by atoms with E-state index in [1.165, 1.54) is 83.5 Å². The maximum atomic E-state index is 9.10. The van der Waals surface area contributed by atoms with Crippen LogP contribution in [0.25, 0.3) is 0 Å². The summed E-state index contributed by atoms with van der Waals surface area (Å²) >= 11 is 0. The topological polar surface area (TPSA) is 49.7 Å². The monoisotopic (exact) mass is 484 g/mol. The summed E-state index contributed by atoms with van der Waals surface area (Å²) in [6.45, 7) is 39.0. The maximum absolute atomic E-state index is 9.10. The van der Waals surface area contributed by atoms with Crippen molar-refractivity contribution in [2.45, 2.75) is 103 Å². The van der Waals surface area contributed by atoms with E-state index in [0.29, 0.717) is 6.61 Å². The fourth-order valence-electron chi connectivity index (χ4n) is 2.67. The molecule has 0 aromatic rings. The lowest BCUT2D eigenvalue weighted by Gasteiger charge is -2.08. The van der Waals surface area contributed by atoms with Crippen LogP contribution in [-0.2, 0) is 4.74 Å². The van der Waals surface area contributed by atoms with Crippen LogP contribution in [-0.4, -0.2) is 36.1 Å². The highest BCUT2D eigenvalue weighted by atomic mass is 16.5. The van der Waals surface area contributed by atoms with Crippen molar-refractivity contribution in [3.05, 3.63) is 78.9 Å². The van der Waals surface area contributed by atoms with Gasteiger partial charge in [0.2, 0.25) is 0 Å². The van der Waals surface area contributed by atoms with Crippen LogP contribution >= 0.6 is 0 Å². The first kappa shape index (κ1) is 49.5. The van der Waals surface area contributed by atoms with Gasteiger partial charge in [0, 0.05) is 6.61 Å². The molecule has 1 atom stereocenters. The summed E-state index contributed by atoms with van der Waals surface area (Å²) < 4.78 is 5.28. The van der Waals surface area contributed by atoms with E-state index in [0.717, 1.165) is 6.42 Å². The summed E-state index contributed by atoms with van der Waals surface area (Å²) in [6, 6.07) is 0. The zero-order valence-corrected chi connectivity index (χ0v) is 23.4. The van der Waals surface area contributed by atoms with Gasteiger partial charge in [0.25, 0.3) is 0 Å². The molecule has 0 aromatic carbocycles. The molecule has 0 bridgehead atoms. The minimum atomic E-state index is -0.716. The van der Waals surface area contributed by atoms with Crippen LogP contribution in [0.5, 0.6) is 0 Å². The summed E-state index contributed by atoms with van der Waals surface area (Å²) in [6.07, 6.45) is 18.3. The third kappa shape index (κ3) is 77.7. The molecule has 0 saturated carbocycles. The molecular formula is C31H64O3. The van der Waals surface area contributed by atoms with E-state index in [4.69, 9.17) is 14.9 Å². The summed E-state index contributed by atoms with van der Waals surface area (Å²) in [7, 11) is 0. The minimum absolute atomic E-state index is 0.210. The Labute approximate surface area is 216 Å². The largest absolute Gasteiger partial charge is 0.394 e. The molecule has 3 heteroatoms. The lowest BCUT2D eigenvalue weighted by Crippen LogP contribution is -2.19. The molecule has 0 aliphatic carbocycles. The van der Waals surface area contributed by atoms with Gasteiger partial charge in [-0.3, -0.25) is 0 Å². The average molecular weight is 485 g/mol. The first-order valence-electron chi connectivity index (χ1n) is 12.7. The molecule has 0 aliphatic heterocycles. The second-order valence-corrected chi connectivity index (χ2v) is 6.51. The van der Waals surface area contributed by atoms with Crippen molar-refractivity contribution in [1.29, 1.82) is 0 Å². The first-order valence-corrected chi connectivity index (χ1v) is 12.7. The predicted molar refractivity (Wildman–Crippen MR) is 162 cm³/mol. The number of rotatable bonds is 18. The number of aliphatic hydroxyl groups excluding tert-OH is 2. The van der Waals surface area contributed by atoms with E-state index in [-0.39, 0.29) is 13.2 Å². The Bertz CT molecular complexity index is 256. The van der Waals surface area contributed by atoms with Crippen LogP contribution in [0.15, 0.2) is 78.9 Å². The van der Waals surface area contributed by atoms with Crippen LogP contribution in [0.3, 0.4) is 0 Å². The van der Waals surface area contributed by atoms with Crippen LogP contribution < -0.4 is 0 Å². The Kier molecular flexibility index (Phi) is 112. The highest BCUT2D eigenvalue weighted by Gasteiger charge is 2.00. The third-order valence-electron chi connectivity index (χ3n) is 4.16. The number of ether oxygens (including phenoxy) is 1. The van der Waals surface area contributed by atoms with Crippen molar-refractivity contribution in [2.24, 2.45) is 0 Å². The van der Waals surface area contributed by atoms with Gasteiger partial charge in [0.15, 0.2) is 0 Å². The molecule has 0 fully saturated rings. The van der Waals surface area contributed by atoms with Crippen LogP contribution in [0.1, 0.15) is 96.8 Å². The van der Waals surface area contributed by atoms with Crippen LogP contribution in [0.2, 0.25) is 0 Å². The van der Waals surface area contributed by atoms with Gasteiger partial charge in [0.05, 0.1) is 13.2 Å². The Balaban J connectivity index is -0.000000105. The Morgan fingerprint density at radius 3 is 1.03 bits per heavy atom. The lowest BCUT2D eigenvalue weighted by molar-refractivity contribution is 0.00526. The molecular weight excluding hydrogens is 420 g/mol. The molecule has 0 spiro atoms. The van der Waals surface area contributed by atoms with Gasteiger partial charge in [-0.15, -0.1) is 78.9 Å². The molecule has 206 valence electrons. The van der Waals surface area contributed by atoms with E-state index in [1.807, 2.05) is 0 Å². The summed E-state index contributed by atoms with van der Waals surface area (Å²) in [5.41, 5.74) is 0. The van der Waals surface area contributed by atoms with Crippen molar-refractivity contribution in [3.8, 4) is 0 Å². The molecule has 34 heavy (non-hydrogen) atoms. The smallest absolute Gasteiger partial charge is 0.100 e. The second-order valence-electron chi connectivity index (χ2n) is 6.51. The van der Waals surface area contributed by atoms with Gasteiger partial charge in [-0.2, -0.15) is 0 Å². The summed E-state index contributed by atoms with van der Waals surface area (Å²) in [5, 5.41) is 17.7. The molecule has 0 aliphatic rings. The van der Waals surface area contributed by atoms with Gasteiger partial charge in [0.1, 0.15) is 6.10 Å². The summed E-state index contributed by atoms with van der Waals surface area (Å²) in [5.74, 6) is 0. The highest BCUT2D eigenvalue weighted by Crippen LogP contribution is 2.12. The SMILES string of the molecule is C=C.C=C.C=C.C=C.C=C.C=C.CCCCCCCCCCCCCCCCOCC(O)CO. The van der Waals surface area contributed by atoms with E-state index >= 15 is 0 Å². The van der Waals surface area contributed by atoms with Gasteiger partial charge in [-0.05, 0) is 6.42 Å². The third-order valence-corrected chi connectivity index (χ3v) is 4.16. The quantitative estimate of drug-likeness (QED) is 0.150. The van der Waals surface area contributed by atoms with Crippen molar-refractivity contribution >= 4 is 0 Å². The minimum Gasteiger partial charge on any atom is -0.394 e. The van der Waals surface area contributed by atoms with E-state index in [9.17, 15) is 0 Å². The molecule has 0 rings (SSSR count). The number of unbranched alkanes of at least 4 members (excludes halogenated alkanes) is 13. The Hall–Kier alpha value is -1.68. The number of aliphatic hydroxyl groups is 2. The molecule has 3 nitrogen and oxygen atoms in total. The van der Waals surface area contributed by atoms with Crippen LogP contribution in [0.4, 0.5) is 0 Å². The van der Waals surface area contributed by atoms with Gasteiger partial charge < -0.3 is 14.9 Å². The molecule has 0 aromatic heterocycles.